The Bertz CT molecular complexity index is 233. The predicted octanol–water partition coefficient (Wildman–Crippen LogP) is -0.182. The van der Waals surface area contributed by atoms with Gasteiger partial charge in [0.15, 0.2) is 0 Å². The van der Waals surface area contributed by atoms with Crippen LogP contribution in [0.5, 0.6) is 0 Å². The molecule has 1 rings (SSSR count). The van der Waals surface area contributed by atoms with Crippen molar-refractivity contribution >= 4 is 20.6 Å². The molecule has 0 spiro atoms. The van der Waals surface area contributed by atoms with Crippen molar-refractivity contribution in [2.75, 3.05) is 0 Å². The van der Waals surface area contributed by atoms with E-state index < -0.39 is 4.92 Å². The summed E-state index contributed by atoms with van der Waals surface area (Å²) < 4.78 is 0. The van der Waals surface area contributed by atoms with Crippen LogP contribution in [0.2, 0.25) is 0 Å². The van der Waals surface area contributed by atoms with Crippen LogP contribution in [0.15, 0.2) is 6.20 Å². The Balaban J connectivity index is 2.98. The van der Waals surface area contributed by atoms with E-state index in [0.717, 1.165) is 0 Å². The van der Waals surface area contributed by atoms with Gasteiger partial charge >= 0.3 is 5.82 Å². The summed E-state index contributed by atoms with van der Waals surface area (Å²) in [5.41, 5.74) is 0.474. The SMILES string of the molecule is O=[N+]([O-])c1c[nH]c(P)n1. The lowest BCUT2D eigenvalue weighted by atomic mass is 10.8. The maximum atomic E-state index is 9.93. The van der Waals surface area contributed by atoms with Gasteiger partial charge in [-0.25, -0.2) is 0 Å². The molecule has 48 valence electrons. The van der Waals surface area contributed by atoms with Crippen molar-refractivity contribution in [2.24, 2.45) is 0 Å². The van der Waals surface area contributed by atoms with E-state index in [1.807, 2.05) is 0 Å². The largest absolute Gasteiger partial charge is 0.382 e. The van der Waals surface area contributed by atoms with Gasteiger partial charge in [-0.3, -0.25) is 0 Å². The number of imidazole rings is 1. The summed E-state index contributed by atoms with van der Waals surface area (Å²) in [5, 5.41) is 9.93. The Labute approximate surface area is 52.8 Å². The summed E-state index contributed by atoms with van der Waals surface area (Å²) in [6.45, 7) is 0. The molecule has 0 saturated carbocycles. The standard InChI is InChI=1S/C3H4N3O2P/c7-6(8)2-1-4-3(9)5-2/h1H,9H2,(H,4,5). The van der Waals surface area contributed by atoms with E-state index in [1.165, 1.54) is 6.20 Å². The van der Waals surface area contributed by atoms with Crippen LogP contribution < -0.4 is 5.57 Å². The van der Waals surface area contributed by atoms with E-state index >= 15 is 0 Å². The first kappa shape index (κ1) is 6.16. The van der Waals surface area contributed by atoms with Crippen LogP contribution in [0.4, 0.5) is 5.82 Å². The summed E-state index contributed by atoms with van der Waals surface area (Å²) in [7, 11) is 2.22. The number of nitrogens with one attached hydrogen (secondary N) is 1. The quantitative estimate of drug-likeness (QED) is 0.338. The number of hydrogen-bond acceptors (Lipinski definition) is 3. The first-order valence-corrected chi connectivity index (χ1v) is 2.73. The maximum absolute atomic E-state index is 9.93. The van der Waals surface area contributed by atoms with Crippen LogP contribution in [-0.2, 0) is 0 Å². The average Bonchev–Trinajstić information content (AvgIpc) is 2.14. The van der Waals surface area contributed by atoms with Gasteiger partial charge in [0.1, 0.15) is 6.20 Å². The summed E-state index contributed by atoms with van der Waals surface area (Å²) >= 11 is 0. The van der Waals surface area contributed by atoms with Crippen LogP contribution in [0, 0.1) is 10.1 Å². The van der Waals surface area contributed by atoms with Crippen molar-refractivity contribution in [2.45, 2.75) is 0 Å². The average molecular weight is 145 g/mol. The highest BCUT2D eigenvalue weighted by atomic mass is 31.0. The van der Waals surface area contributed by atoms with Crippen LogP contribution in [0.3, 0.4) is 0 Å². The normalized spacial score (nSPS) is 9.44. The molecule has 1 atom stereocenters. The number of rotatable bonds is 1. The molecule has 0 radical (unpaired) electrons. The van der Waals surface area contributed by atoms with Gasteiger partial charge < -0.3 is 15.1 Å². The van der Waals surface area contributed by atoms with Crippen molar-refractivity contribution in [3.8, 4) is 0 Å². The van der Waals surface area contributed by atoms with Gasteiger partial charge in [-0.1, -0.05) is 0 Å². The Morgan fingerprint density at radius 3 is 2.78 bits per heavy atom. The van der Waals surface area contributed by atoms with E-state index in [1.54, 1.807) is 0 Å². The third-order valence-corrected chi connectivity index (χ3v) is 1.07. The molecule has 1 aromatic rings. The van der Waals surface area contributed by atoms with E-state index in [2.05, 4.69) is 19.2 Å². The molecule has 0 saturated heterocycles. The molecule has 0 aliphatic carbocycles. The summed E-state index contributed by atoms with van der Waals surface area (Å²) in [4.78, 5) is 15.5. The van der Waals surface area contributed by atoms with Crippen LogP contribution in [-0.4, -0.2) is 14.9 Å². The topological polar surface area (TPSA) is 71.8 Å². The van der Waals surface area contributed by atoms with Crippen molar-refractivity contribution in [1.82, 2.24) is 9.97 Å². The highest BCUT2D eigenvalue weighted by Crippen LogP contribution is 2.00. The molecule has 0 aliphatic rings. The highest BCUT2D eigenvalue weighted by molar-refractivity contribution is 7.26. The van der Waals surface area contributed by atoms with Gasteiger partial charge in [0.05, 0.1) is 0 Å². The lowest BCUT2D eigenvalue weighted by molar-refractivity contribution is -0.389. The number of hydrogen-bond donors (Lipinski definition) is 1. The minimum atomic E-state index is -0.552. The Morgan fingerprint density at radius 1 is 1.89 bits per heavy atom. The highest BCUT2D eigenvalue weighted by Gasteiger charge is 2.07. The van der Waals surface area contributed by atoms with E-state index in [9.17, 15) is 10.1 Å². The molecule has 0 fully saturated rings. The molecule has 0 amide bonds. The van der Waals surface area contributed by atoms with Gasteiger partial charge in [-0.2, -0.15) is 0 Å². The Hall–Kier alpha value is -0.960. The first-order chi connectivity index (χ1) is 4.20. The van der Waals surface area contributed by atoms with Gasteiger partial charge in [0, 0.05) is 0 Å². The van der Waals surface area contributed by atoms with Gasteiger partial charge in [-0.15, -0.1) is 0 Å². The first-order valence-electron chi connectivity index (χ1n) is 2.15. The second kappa shape index (κ2) is 2.11. The van der Waals surface area contributed by atoms with Crippen molar-refractivity contribution in [3.05, 3.63) is 16.3 Å². The van der Waals surface area contributed by atoms with Crippen molar-refractivity contribution < 1.29 is 4.92 Å². The van der Waals surface area contributed by atoms with Crippen LogP contribution in [0.1, 0.15) is 0 Å². The summed E-state index contributed by atoms with van der Waals surface area (Å²) in [6, 6.07) is 0. The van der Waals surface area contributed by atoms with Crippen molar-refractivity contribution in [1.29, 1.82) is 0 Å². The Morgan fingerprint density at radius 2 is 2.56 bits per heavy atom. The molecule has 1 unspecified atom stereocenters. The molecule has 1 aromatic heterocycles. The van der Waals surface area contributed by atoms with Gasteiger partial charge in [-0.05, 0) is 19.1 Å². The maximum Gasteiger partial charge on any atom is 0.382 e. The molecule has 5 nitrogen and oxygen atoms in total. The number of H-pyrrole nitrogens is 1. The minimum Gasteiger partial charge on any atom is -0.358 e. The monoisotopic (exact) mass is 145 g/mol. The second-order valence-corrected chi connectivity index (χ2v) is 1.95. The lowest BCUT2D eigenvalue weighted by Crippen LogP contribution is -1.94. The van der Waals surface area contributed by atoms with E-state index in [-0.39, 0.29) is 5.82 Å². The van der Waals surface area contributed by atoms with Gasteiger partial charge in [0.25, 0.3) is 0 Å². The third kappa shape index (κ3) is 1.23. The molecule has 6 heteroatoms. The molecular weight excluding hydrogens is 141 g/mol. The smallest absolute Gasteiger partial charge is 0.358 e. The van der Waals surface area contributed by atoms with E-state index in [0.29, 0.717) is 5.57 Å². The van der Waals surface area contributed by atoms with Gasteiger partial charge in [0.2, 0.25) is 5.57 Å². The predicted molar refractivity (Wildman–Crippen MR) is 34.6 cm³/mol. The second-order valence-electron chi connectivity index (χ2n) is 1.40. The molecular formula is C3H4N3O2P. The number of nitrogens with zero attached hydrogens (tertiary/aromatic N) is 2. The molecule has 1 heterocycles. The molecule has 9 heavy (non-hydrogen) atoms. The molecule has 1 N–H and O–H groups in total. The van der Waals surface area contributed by atoms with Crippen LogP contribution in [0.25, 0.3) is 0 Å². The number of aromatic nitrogens is 2. The number of nitro groups is 1. The number of aromatic amines is 1. The zero-order chi connectivity index (χ0) is 6.85. The fourth-order valence-electron chi connectivity index (χ4n) is 0.420. The zero-order valence-electron chi connectivity index (χ0n) is 4.37. The molecule has 0 aromatic carbocycles. The third-order valence-electron chi connectivity index (χ3n) is 0.771. The summed E-state index contributed by atoms with van der Waals surface area (Å²) in [5.74, 6) is -0.153. The Kier molecular flexibility index (Phi) is 1.44. The van der Waals surface area contributed by atoms with Crippen molar-refractivity contribution in [3.63, 3.8) is 0 Å². The van der Waals surface area contributed by atoms with Crippen LogP contribution >= 0.6 is 9.24 Å². The molecule has 0 bridgehead atoms. The fourth-order valence-corrected chi connectivity index (χ4v) is 0.636. The fraction of sp³-hybridized carbons (Fsp3) is 0. The van der Waals surface area contributed by atoms with E-state index in [4.69, 9.17) is 0 Å². The summed E-state index contributed by atoms with van der Waals surface area (Å²) in [6.07, 6.45) is 1.24. The lowest BCUT2D eigenvalue weighted by Gasteiger charge is -1.81. The molecule has 0 aliphatic heterocycles. The minimum absolute atomic E-state index is 0.153. The zero-order valence-corrected chi connectivity index (χ0v) is 5.52.